The number of hydrogen-bond acceptors (Lipinski definition) is 1. The minimum absolute atomic E-state index is 1.23. The lowest BCUT2D eigenvalue weighted by atomic mass is 9.90. The molecule has 0 aromatic carbocycles. The van der Waals surface area contributed by atoms with E-state index in [0.29, 0.717) is 0 Å². The molecule has 0 saturated heterocycles. The van der Waals surface area contributed by atoms with E-state index in [4.69, 9.17) is 0 Å². The van der Waals surface area contributed by atoms with Gasteiger partial charge in [0.25, 0.3) is 0 Å². The van der Waals surface area contributed by atoms with Crippen LogP contribution in [0.15, 0.2) is 18.5 Å². The van der Waals surface area contributed by atoms with Crippen LogP contribution in [0.25, 0.3) is 0 Å². The molecule has 1 nitrogen and oxygen atoms in total. The van der Waals surface area contributed by atoms with Crippen molar-refractivity contribution in [3.05, 3.63) is 18.5 Å². The van der Waals surface area contributed by atoms with Gasteiger partial charge in [-0.1, -0.05) is 17.0 Å². The Bertz CT molecular complexity index is 170. The van der Waals surface area contributed by atoms with Gasteiger partial charge in [-0.3, -0.25) is 4.98 Å². The quantitative estimate of drug-likeness (QED) is 0.333. The first-order valence-corrected chi connectivity index (χ1v) is 2.67. The molecule has 0 aliphatic carbocycles. The van der Waals surface area contributed by atoms with E-state index in [1.807, 2.05) is 28.1 Å². The van der Waals surface area contributed by atoms with E-state index in [-0.39, 0.29) is 0 Å². The molecule has 0 atom stereocenters. The molecule has 3 heteroatoms. The summed E-state index contributed by atoms with van der Waals surface area (Å²) >= 11 is 0. The normalized spacial score (nSPS) is 9.00. The van der Waals surface area contributed by atoms with E-state index in [2.05, 4.69) is 11.1 Å². The van der Waals surface area contributed by atoms with Crippen LogP contribution in [0.1, 0.15) is 0 Å². The third-order valence-corrected chi connectivity index (χ3v) is 1.01. The lowest BCUT2D eigenvalue weighted by Crippen LogP contribution is -2.13. The van der Waals surface area contributed by atoms with Crippen LogP contribution in [0.5, 0.6) is 0 Å². The number of aromatic nitrogens is 1. The van der Waals surface area contributed by atoms with Crippen LogP contribution in [-0.4, -0.2) is 20.7 Å². The number of rotatable bonds is 0. The Kier molecular flexibility index (Phi) is 1.38. The van der Waals surface area contributed by atoms with Crippen LogP contribution in [0, 0.1) is 0 Å². The second kappa shape index (κ2) is 2.03. The summed E-state index contributed by atoms with van der Waals surface area (Å²) in [6.45, 7) is 0. The molecule has 0 N–H and O–H groups in total. The van der Waals surface area contributed by atoms with Crippen molar-refractivity contribution < 1.29 is 0 Å². The van der Waals surface area contributed by atoms with Crippen molar-refractivity contribution in [2.75, 3.05) is 0 Å². The Morgan fingerprint density at radius 2 is 1.62 bits per heavy atom. The van der Waals surface area contributed by atoms with Crippen LogP contribution in [0.4, 0.5) is 0 Å². The maximum absolute atomic E-state index is 3.98. The Hall–Kier alpha value is -0.720. The van der Waals surface area contributed by atoms with Gasteiger partial charge in [0.2, 0.25) is 0 Å². The van der Waals surface area contributed by atoms with E-state index >= 15 is 0 Å². The standard InChI is InChI=1S/C5H7B2N/c6-4-1-5(7)3-8-2-4/h1-3H,6-7H2. The topological polar surface area (TPSA) is 12.9 Å². The maximum atomic E-state index is 3.98. The van der Waals surface area contributed by atoms with Gasteiger partial charge in [0.15, 0.2) is 0 Å². The molecule has 1 rings (SSSR count). The van der Waals surface area contributed by atoms with Crippen LogP contribution < -0.4 is 10.9 Å². The largest absolute Gasteiger partial charge is 0.266 e. The Morgan fingerprint density at radius 1 is 1.12 bits per heavy atom. The zero-order valence-electron chi connectivity index (χ0n) is 5.18. The number of hydrogen-bond donors (Lipinski definition) is 0. The zero-order valence-corrected chi connectivity index (χ0v) is 5.18. The van der Waals surface area contributed by atoms with Crippen LogP contribution >= 0.6 is 0 Å². The fourth-order valence-electron chi connectivity index (χ4n) is 0.706. The molecule has 1 aromatic rings. The molecule has 0 aliphatic rings. The highest BCUT2D eigenvalue weighted by Gasteiger charge is 1.82. The molecule has 0 bridgehead atoms. The predicted octanol–water partition coefficient (Wildman–Crippen LogP) is -2.40. The summed E-state index contributed by atoms with van der Waals surface area (Å²) < 4.78 is 0. The summed E-state index contributed by atoms with van der Waals surface area (Å²) in [5.74, 6) is 0. The molecule has 0 amide bonds. The Morgan fingerprint density at radius 3 is 1.88 bits per heavy atom. The van der Waals surface area contributed by atoms with Crippen molar-refractivity contribution in [2.24, 2.45) is 0 Å². The van der Waals surface area contributed by atoms with Gasteiger partial charge in [-0.2, -0.15) is 0 Å². The fourth-order valence-corrected chi connectivity index (χ4v) is 0.706. The van der Waals surface area contributed by atoms with E-state index in [1.165, 1.54) is 10.9 Å². The van der Waals surface area contributed by atoms with Gasteiger partial charge < -0.3 is 0 Å². The van der Waals surface area contributed by atoms with Gasteiger partial charge >= 0.3 is 0 Å². The van der Waals surface area contributed by atoms with Gasteiger partial charge in [-0.25, -0.2) is 0 Å². The first kappa shape index (κ1) is 5.42. The molecule has 0 unspecified atom stereocenters. The van der Waals surface area contributed by atoms with Crippen molar-refractivity contribution in [3.63, 3.8) is 0 Å². The summed E-state index contributed by atoms with van der Waals surface area (Å²) in [6.07, 6.45) is 3.71. The van der Waals surface area contributed by atoms with E-state index in [0.717, 1.165) is 0 Å². The van der Waals surface area contributed by atoms with E-state index in [9.17, 15) is 0 Å². The second-order valence-electron chi connectivity index (χ2n) is 2.04. The smallest absolute Gasteiger partial charge is 0.141 e. The van der Waals surface area contributed by atoms with Crippen LogP contribution in [0.3, 0.4) is 0 Å². The first-order valence-electron chi connectivity index (χ1n) is 2.67. The highest BCUT2D eigenvalue weighted by molar-refractivity contribution is 6.37. The molecule has 0 aliphatic heterocycles. The highest BCUT2D eigenvalue weighted by atomic mass is 14.6. The summed E-state index contributed by atoms with van der Waals surface area (Å²) in [7, 11) is 4.08. The van der Waals surface area contributed by atoms with E-state index < -0.39 is 0 Å². The Balaban J connectivity index is 3.08. The lowest BCUT2D eigenvalue weighted by molar-refractivity contribution is 1.37. The van der Waals surface area contributed by atoms with Crippen LogP contribution in [0.2, 0.25) is 0 Å². The van der Waals surface area contributed by atoms with E-state index in [1.54, 1.807) is 0 Å². The highest BCUT2D eigenvalue weighted by Crippen LogP contribution is 1.66. The summed E-state index contributed by atoms with van der Waals surface area (Å²) in [6, 6.07) is 2.10. The predicted molar refractivity (Wildman–Crippen MR) is 40.6 cm³/mol. The fraction of sp³-hybridized carbons (Fsp3) is 0. The van der Waals surface area contributed by atoms with Crippen molar-refractivity contribution in [1.29, 1.82) is 0 Å². The van der Waals surface area contributed by atoms with Gasteiger partial charge in [0.1, 0.15) is 15.7 Å². The number of nitrogens with zero attached hydrogens (tertiary/aromatic N) is 1. The van der Waals surface area contributed by atoms with Gasteiger partial charge in [0, 0.05) is 12.4 Å². The van der Waals surface area contributed by atoms with Crippen molar-refractivity contribution in [2.45, 2.75) is 0 Å². The third-order valence-electron chi connectivity index (χ3n) is 1.01. The molecule has 0 radical (unpaired) electrons. The van der Waals surface area contributed by atoms with Gasteiger partial charge in [-0.05, 0) is 0 Å². The summed E-state index contributed by atoms with van der Waals surface area (Å²) in [4.78, 5) is 3.98. The molecule has 0 spiro atoms. The second-order valence-corrected chi connectivity index (χ2v) is 2.04. The van der Waals surface area contributed by atoms with Crippen LogP contribution in [-0.2, 0) is 0 Å². The number of pyridine rings is 1. The molecule has 8 heavy (non-hydrogen) atoms. The van der Waals surface area contributed by atoms with Crippen molar-refractivity contribution in [3.8, 4) is 0 Å². The molecular weight excluding hydrogens is 95.7 g/mol. The SMILES string of the molecule is Bc1cncc(B)c1. The summed E-state index contributed by atoms with van der Waals surface area (Å²) in [5.41, 5.74) is 2.45. The molecule has 1 heterocycles. The molecule has 0 saturated carbocycles. The van der Waals surface area contributed by atoms with Crippen molar-refractivity contribution in [1.82, 2.24) is 4.98 Å². The average Bonchev–Trinajstić information content (AvgIpc) is 1.64. The molecule has 1 aromatic heterocycles. The molecule has 38 valence electrons. The first-order chi connectivity index (χ1) is 3.79. The minimum atomic E-state index is 1.23. The molecular formula is C5H7B2N. The zero-order chi connectivity index (χ0) is 5.98. The minimum Gasteiger partial charge on any atom is -0.266 e. The van der Waals surface area contributed by atoms with Crippen molar-refractivity contribution >= 4 is 26.6 Å². The third kappa shape index (κ3) is 1.12. The molecule has 0 fully saturated rings. The van der Waals surface area contributed by atoms with Gasteiger partial charge in [-0.15, -0.1) is 0 Å². The average molecular weight is 103 g/mol. The van der Waals surface area contributed by atoms with Gasteiger partial charge in [0.05, 0.1) is 0 Å². The maximum Gasteiger partial charge on any atom is 0.141 e. The summed E-state index contributed by atoms with van der Waals surface area (Å²) in [5, 5.41) is 0. The monoisotopic (exact) mass is 103 g/mol. The lowest BCUT2D eigenvalue weighted by Gasteiger charge is -1.90. The Labute approximate surface area is 51.0 Å².